The van der Waals surface area contributed by atoms with Gasteiger partial charge in [-0.15, -0.1) is 0 Å². The molecule has 0 saturated carbocycles. The van der Waals surface area contributed by atoms with Crippen molar-refractivity contribution >= 4 is 5.97 Å². The summed E-state index contributed by atoms with van der Waals surface area (Å²) in [5.41, 5.74) is 4.04. The third kappa shape index (κ3) is 11.0. The monoisotopic (exact) mass is 790 g/mol. The molecule has 7 rings (SSSR count). The molecular weight excluding hydrogens is 741 g/mol. The van der Waals surface area contributed by atoms with Gasteiger partial charge in [0.25, 0.3) is 0 Å². The molecule has 10 atom stereocenters. The number of ether oxygens (including phenoxy) is 8. The number of esters is 1. The van der Waals surface area contributed by atoms with Gasteiger partial charge < -0.3 is 48.1 Å². The zero-order valence-electron chi connectivity index (χ0n) is 32.3. The largest absolute Gasteiger partial charge is 0.450 e. The second-order valence-corrected chi connectivity index (χ2v) is 14.4. The standard InChI is InChI=1S/C47H50O11/c1-32-40(39(48)42(46(50)55-32)57-45(49)37-25-15-6-16-26-37)58-47-44(54-30-36-23-13-5-14-24-36)43(53-29-35-21-11-4-12-22-35)41(52-28-34-19-9-3-10-20-34)38(56-47)31-51-27-33-17-7-2-8-18-33/h2-26,32,38-44,46-48,50H,27-31H2,1H3/t32-,38+,39+,40-,41+,42+,43-,44+,46+,47+/m0/s1. The van der Waals surface area contributed by atoms with Gasteiger partial charge in [0, 0.05) is 0 Å². The Morgan fingerprint density at radius 1 is 0.534 bits per heavy atom. The lowest BCUT2D eigenvalue weighted by Crippen LogP contribution is -2.65. The molecule has 5 aromatic carbocycles. The molecule has 5 aromatic rings. The van der Waals surface area contributed by atoms with E-state index in [0.29, 0.717) is 6.61 Å². The van der Waals surface area contributed by atoms with Crippen LogP contribution in [-0.2, 0) is 64.3 Å². The van der Waals surface area contributed by atoms with Gasteiger partial charge in [-0.25, -0.2) is 4.79 Å². The maximum absolute atomic E-state index is 13.1. The first kappa shape index (κ1) is 41.4. The Balaban J connectivity index is 1.21. The van der Waals surface area contributed by atoms with Gasteiger partial charge in [-0.1, -0.05) is 140 Å². The van der Waals surface area contributed by atoms with Crippen LogP contribution in [0.25, 0.3) is 0 Å². The van der Waals surface area contributed by atoms with Gasteiger partial charge in [0.1, 0.15) is 36.6 Å². The zero-order valence-corrected chi connectivity index (χ0v) is 32.3. The fourth-order valence-electron chi connectivity index (χ4n) is 7.10. The summed E-state index contributed by atoms with van der Waals surface area (Å²) < 4.78 is 51.5. The molecule has 2 aliphatic heterocycles. The Labute approximate surface area is 339 Å². The molecule has 0 amide bonds. The first-order valence-corrected chi connectivity index (χ1v) is 19.6. The second kappa shape index (κ2) is 20.8. The van der Waals surface area contributed by atoms with Gasteiger partial charge in [-0.05, 0) is 41.3 Å². The van der Waals surface area contributed by atoms with Gasteiger partial charge in [0.05, 0.1) is 44.7 Å². The van der Waals surface area contributed by atoms with E-state index in [0.717, 1.165) is 22.3 Å². The van der Waals surface area contributed by atoms with Gasteiger partial charge >= 0.3 is 5.97 Å². The number of rotatable bonds is 17. The molecule has 0 unspecified atom stereocenters. The van der Waals surface area contributed by atoms with E-state index in [1.807, 2.05) is 121 Å². The third-order valence-electron chi connectivity index (χ3n) is 10.2. The van der Waals surface area contributed by atoms with E-state index >= 15 is 0 Å². The van der Waals surface area contributed by atoms with Gasteiger partial charge in [0.15, 0.2) is 18.7 Å². The summed E-state index contributed by atoms with van der Waals surface area (Å²) in [6.45, 7) is 2.73. The maximum Gasteiger partial charge on any atom is 0.338 e. The van der Waals surface area contributed by atoms with Gasteiger partial charge in [0.2, 0.25) is 0 Å². The molecule has 0 bridgehead atoms. The first-order chi connectivity index (χ1) is 28.4. The van der Waals surface area contributed by atoms with Crippen molar-refractivity contribution < 1.29 is 52.9 Å². The third-order valence-corrected chi connectivity index (χ3v) is 10.2. The maximum atomic E-state index is 13.1. The first-order valence-electron chi connectivity index (χ1n) is 19.6. The lowest BCUT2D eigenvalue weighted by atomic mass is 9.96. The predicted octanol–water partition coefficient (Wildman–Crippen LogP) is 6.39. The molecule has 2 aliphatic rings. The number of aliphatic hydroxyl groups excluding tert-OH is 2. The van der Waals surface area contributed by atoms with Crippen molar-refractivity contribution in [3.8, 4) is 0 Å². The van der Waals surface area contributed by atoms with Crippen molar-refractivity contribution in [2.24, 2.45) is 0 Å². The number of carbonyl (C=O) groups is 1. The van der Waals surface area contributed by atoms with Crippen LogP contribution in [0.4, 0.5) is 0 Å². The summed E-state index contributed by atoms with van der Waals surface area (Å²) in [5.74, 6) is -0.734. The van der Waals surface area contributed by atoms with Gasteiger partial charge in [-0.2, -0.15) is 0 Å². The minimum Gasteiger partial charge on any atom is -0.450 e. The molecule has 0 aliphatic carbocycles. The molecular formula is C47H50O11. The fraction of sp³-hybridized carbons (Fsp3) is 0.340. The van der Waals surface area contributed by atoms with Gasteiger partial charge in [-0.3, -0.25) is 0 Å². The number of benzene rings is 5. The highest BCUT2D eigenvalue weighted by Gasteiger charge is 2.53. The van der Waals surface area contributed by atoms with Crippen LogP contribution in [0.15, 0.2) is 152 Å². The normalized spacial score (nSPS) is 27.2. The molecule has 0 aromatic heterocycles. The fourth-order valence-corrected chi connectivity index (χ4v) is 7.10. The Bertz CT molecular complexity index is 1940. The van der Waals surface area contributed by atoms with E-state index in [2.05, 4.69) is 0 Å². The van der Waals surface area contributed by atoms with E-state index in [4.69, 9.17) is 37.9 Å². The zero-order chi connectivity index (χ0) is 40.1. The number of carbonyl (C=O) groups excluding carboxylic acids is 1. The molecule has 0 spiro atoms. The summed E-state index contributed by atoms with van der Waals surface area (Å²) in [7, 11) is 0. The molecule has 2 N–H and O–H groups in total. The smallest absolute Gasteiger partial charge is 0.338 e. The SMILES string of the molecule is C[C@@H]1O[C@@H](O)[C@H](OC(=O)c2ccccc2)[C@H](O)[C@H]1O[C@H]1O[C@H](COCc2ccccc2)[C@@H](OCc2ccccc2)[C@H](OCc2ccccc2)[C@H]1OCc1ccccc1. The molecule has 11 nitrogen and oxygen atoms in total. The van der Waals surface area contributed by atoms with Crippen molar-refractivity contribution in [3.63, 3.8) is 0 Å². The highest BCUT2D eigenvalue weighted by Crippen LogP contribution is 2.35. The average molecular weight is 791 g/mol. The molecule has 0 radical (unpaired) electrons. The van der Waals surface area contributed by atoms with Crippen LogP contribution in [0.2, 0.25) is 0 Å². The molecule has 58 heavy (non-hydrogen) atoms. The number of hydrogen-bond acceptors (Lipinski definition) is 11. The number of hydrogen-bond donors (Lipinski definition) is 2. The highest BCUT2D eigenvalue weighted by atomic mass is 16.7. The van der Waals surface area contributed by atoms with E-state index in [9.17, 15) is 15.0 Å². The lowest BCUT2D eigenvalue weighted by molar-refractivity contribution is -0.364. The summed E-state index contributed by atoms with van der Waals surface area (Å²) >= 11 is 0. The second-order valence-electron chi connectivity index (χ2n) is 14.4. The van der Waals surface area contributed by atoms with Crippen molar-refractivity contribution in [1.29, 1.82) is 0 Å². The van der Waals surface area contributed by atoms with Crippen LogP contribution in [0.1, 0.15) is 39.5 Å². The topological polar surface area (TPSA) is 131 Å². The Kier molecular flexibility index (Phi) is 14.8. The van der Waals surface area contributed by atoms with Crippen molar-refractivity contribution in [3.05, 3.63) is 179 Å². The molecule has 304 valence electrons. The molecule has 11 heteroatoms. The highest BCUT2D eigenvalue weighted by molar-refractivity contribution is 5.89. The van der Waals surface area contributed by atoms with Crippen molar-refractivity contribution in [2.75, 3.05) is 6.61 Å². The predicted molar refractivity (Wildman–Crippen MR) is 213 cm³/mol. The van der Waals surface area contributed by atoms with Crippen LogP contribution in [0.3, 0.4) is 0 Å². The van der Waals surface area contributed by atoms with E-state index < -0.39 is 67.4 Å². The van der Waals surface area contributed by atoms with E-state index in [1.165, 1.54) is 0 Å². The summed E-state index contributed by atoms with van der Waals surface area (Å²) in [6.07, 6.45) is -11.0. The Morgan fingerprint density at radius 3 is 1.50 bits per heavy atom. The average Bonchev–Trinajstić information content (AvgIpc) is 3.26. The Hall–Kier alpha value is -4.79. The van der Waals surface area contributed by atoms with E-state index in [-0.39, 0.29) is 32.0 Å². The summed E-state index contributed by atoms with van der Waals surface area (Å²) in [4.78, 5) is 13.1. The quantitative estimate of drug-likeness (QED) is 0.102. The molecule has 2 saturated heterocycles. The van der Waals surface area contributed by atoms with Crippen molar-refractivity contribution in [1.82, 2.24) is 0 Å². The van der Waals surface area contributed by atoms with Crippen LogP contribution in [0.5, 0.6) is 0 Å². The lowest BCUT2D eigenvalue weighted by Gasteiger charge is -2.48. The minimum absolute atomic E-state index is 0.0973. The summed E-state index contributed by atoms with van der Waals surface area (Å²) in [6, 6.07) is 47.5. The van der Waals surface area contributed by atoms with Crippen LogP contribution in [0, 0.1) is 0 Å². The van der Waals surface area contributed by atoms with E-state index in [1.54, 1.807) is 37.3 Å². The number of aliphatic hydroxyl groups is 2. The Morgan fingerprint density at radius 2 is 0.983 bits per heavy atom. The van der Waals surface area contributed by atoms with Crippen LogP contribution >= 0.6 is 0 Å². The molecule has 2 fully saturated rings. The van der Waals surface area contributed by atoms with Crippen LogP contribution < -0.4 is 0 Å². The van der Waals surface area contributed by atoms with Crippen LogP contribution in [-0.4, -0.2) is 84.2 Å². The minimum atomic E-state index is -1.62. The summed E-state index contributed by atoms with van der Waals surface area (Å²) in [5, 5.41) is 22.7. The van der Waals surface area contributed by atoms with Crippen molar-refractivity contribution in [2.45, 2.75) is 94.8 Å². The molecule has 2 heterocycles.